The van der Waals surface area contributed by atoms with Crippen LogP contribution in [-0.4, -0.2) is 73.0 Å². The average Bonchev–Trinajstić information content (AvgIpc) is 3.39. The number of halogens is 1. The van der Waals surface area contributed by atoms with E-state index in [1.165, 1.54) is 40.5 Å². The maximum atomic E-state index is 13.3. The summed E-state index contributed by atoms with van der Waals surface area (Å²) in [6.07, 6.45) is -0.0869. The number of morpholine rings is 1. The number of benzene rings is 1. The Balaban J connectivity index is 1.56. The second kappa shape index (κ2) is 9.03. The summed E-state index contributed by atoms with van der Waals surface area (Å²) in [7, 11) is 0. The van der Waals surface area contributed by atoms with Gasteiger partial charge in [-0.3, -0.25) is 19.3 Å². The summed E-state index contributed by atoms with van der Waals surface area (Å²) in [5, 5.41) is 1.81. The average molecular weight is 431 g/mol. The standard InChI is InChI=1S/C21H22FN3O4S/c22-15-3-5-16(6-4-15)25-19(26)14-17(20(25)27)24(21(28)18-2-1-13-30-18)8-7-23-9-11-29-12-10-23/h1-6,13,17H,7-12,14H2. The van der Waals surface area contributed by atoms with Gasteiger partial charge in [-0.2, -0.15) is 0 Å². The van der Waals surface area contributed by atoms with Crippen LogP contribution in [0.2, 0.25) is 0 Å². The minimum atomic E-state index is -0.877. The lowest BCUT2D eigenvalue weighted by atomic mass is 10.2. The van der Waals surface area contributed by atoms with Gasteiger partial charge in [0.2, 0.25) is 5.91 Å². The summed E-state index contributed by atoms with van der Waals surface area (Å²) < 4.78 is 18.6. The third kappa shape index (κ3) is 4.28. The molecule has 9 heteroatoms. The Kier molecular flexibility index (Phi) is 6.21. The van der Waals surface area contributed by atoms with Gasteiger partial charge in [0.05, 0.1) is 30.2 Å². The van der Waals surface area contributed by atoms with E-state index in [4.69, 9.17) is 4.74 Å². The zero-order valence-electron chi connectivity index (χ0n) is 16.3. The molecule has 0 saturated carbocycles. The van der Waals surface area contributed by atoms with E-state index in [-0.39, 0.29) is 12.3 Å². The van der Waals surface area contributed by atoms with Crippen molar-refractivity contribution in [3.05, 3.63) is 52.5 Å². The topological polar surface area (TPSA) is 70.2 Å². The Labute approximate surface area is 177 Å². The largest absolute Gasteiger partial charge is 0.379 e. The molecular formula is C21H22FN3O4S. The minimum Gasteiger partial charge on any atom is -0.379 e. The van der Waals surface area contributed by atoms with Crippen LogP contribution in [0.3, 0.4) is 0 Å². The molecule has 0 aliphatic carbocycles. The predicted molar refractivity (Wildman–Crippen MR) is 110 cm³/mol. The number of carbonyl (C=O) groups is 3. The number of amides is 3. The van der Waals surface area contributed by atoms with Gasteiger partial charge in [0.1, 0.15) is 11.9 Å². The Morgan fingerprint density at radius 2 is 1.90 bits per heavy atom. The van der Waals surface area contributed by atoms with Crippen LogP contribution in [0.25, 0.3) is 0 Å². The highest BCUT2D eigenvalue weighted by Gasteiger charge is 2.44. The molecule has 1 unspecified atom stereocenters. The van der Waals surface area contributed by atoms with Crippen molar-refractivity contribution in [1.82, 2.24) is 9.80 Å². The summed E-state index contributed by atoms with van der Waals surface area (Å²) in [5.74, 6) is -1.56. The summed E-state index contributed by atoms with van der Waals surface area (Å²) in [6, 6.07) is 7.82. The molecule has 3 heterocycles. The molecule has 3 amide bonds. The molecule has 1 atom stereocenters. The van der Waals surface area contributed by atoms with E-state index in [9.17, 15) is 18.8 Å². The molecule has 1 aromatic heterocycles. The summed E-state index contributed by atoms with van der Waals surface area (Å²) >= 11 is 1.30. The van der Waals surface area contributed by atoms with Crippen LogP contribution in [-0.2, 0) is 14.3 Å². The lowest BCUT2D eigenvalue weighted by molar-refractivity contribution is -0.122. The Morgan fingerprint density at radius 1 is 1.17 bits per heavy atom. The van der Waals surface area contributed by atoms with E-state index in [0.717, 1.165) is 18.0 Å². The number of carbonyl (C=O) groups excluding carboxylic acids is 3. The first kappa shape index (κ1) is 20.6. The van der Waals surface area contributed by atoms with Crippen LogP contribution in [0, 0.1) is 5.82 Å². The number of hydrogen-bond donors (Lipinski definition) is 0. The third-order valence-electron chi connectivity index (χ3n) is 5.34. The monoisotopic (exact) mass is 431 g/mol. The van der Waals surface area contributed by atoms with E-state index < -0.39 is 23.7 Å². The fourth-order valence-corrected chi connectivity index (χ4v) is 4.41. The van der Waals surface area contributed by atoms with E-state index in [2.05, 4.69) is 4.90 Å². The van der Waals surface area contributed by atoms with Gasteiger partial charge in [0.15, 0.2) is 0 Å². The molecule has 0 radical (unpaired) electrons. The van der Waals surface area contributed by atoms with Gasteiger partial charge < -0.3 is 9.64 Å². The molecule has 4 rings (SSSR count). The molecule has 2 aliphatic heterocycles. The molecule has 0 bridgehead atoms. The van der Waals surface area contributed by atoms with Gasteiger partial charge in [-0.1, -0.05) is 6.07 Å². The van der Waals surface area contributed by atoms with Gasteiger partial charge in [-0.25, -0.2) is 9.29 Å². The van der Waals surface area contributed by atoms with Gasteiger partial charge in [0, 0.05) is 26.2 Å². The first-order valence-corrected chi connectivity index (χ1v) is 10.7. The van der Waals surface area contributed by atoms with Gasteiger partial charge in [-0.15, -0.1) is 11.3 Å². The van der Waals surface area contributed by atoms with Crippen molar-refractivity contribution in [3.8, 4) is 0 Å². The first-order valence-electron chi connectivity index (χ1n) is 9.81. The smallest absolute Gasteiger partial charge is 0.264 e. The lowest BCUT2D eigenvalue weighted by Crippen LogP contribution is -2.49. The van der Waals surface area contributed by atoms with Crippen molar-refractivity contribution in [2.45, 2.75) is 12.5 Å². The maximum Gasteiger partial charge on any atom is 0.264 e. The number of nitrogens with zero attached hydrogens (tertiary/aromatic N) is 3. The fraction of sp³-hybridized carbons (Fsp3) is 0.381. The molecule has 2 saturated heterocycles. The molecule has 30 heavy (non-hydrogen) atoms. The molecule has 2 aliphatic rings. The second-order valence-electron chi connectivity index (χ2n) is 7.19. The molecular weight excluding hydrogens is 409 g/mol. The van der Waals surface area contributed by atoms with E-state index >= 15 is 0 Å². The Morgan fingerprint density at radius 3 is 2.57 bits per heavy atom. The van der Waals surface area contributed by atoms with Crippen LogP contribution < -0.4 is 4.90 Å². The molecule has 158 valence electrons. The highest BCUT2D eigenvalue weighted by molar-refractivity contribution is 7.12. The van der Waals surface area contributed by atoms with Crippen LogP contribution in [0.15, 0.2) is 41.8 Å². The van der Waals surface area contributed by atoms with Crippen molar-refractivity contribution in [1.29, 1.82) is 0 Å². The zero-order valence-corrected chi connectivity index (χ0v) is 17.1. The maximum absolute atomic E-state index is 13.3. The van der Waals surface area contributed by atoms with Gasteiger partial charge in [-0.05, 0) is 35.7 Å². The number of hydrogen-bond acceptors (Lipinski definition) is 6. The third-order valence-corrected chi connectivity index (χ3v) is 6.20. The number of rotatable bonds is 6. The minimum absolute atomic E-state index is 0.0869. The second-order valence-corrected chi connectivity index (χ2v) is 8.14. The number of ether oxygens (including phenoxy) is 1. The van der Waals surface area contributed by atoms with Crippen molar-refractivity contribution in [2.24, 2.45) is 0 Å². The SMILES string of the molecule is O=C1CC(N(CCN2CCOCC2)C(=O)c2cccs2)C(=O)N1c1ccc(F)cc1. The molecule has 2 aromatic rings. The zero-order chi connectivity index (χ0) is 21.1. The number of imide groups is 1. The van der Waals surface area contributed by atoms with Crippen LogP contribution >= 0.6 is 11.3 Å². The molecule has 2 fully saturated rings. The first-order chi connectivity index (χ1) is 14.5. The van der Waals surface area contributed by atoms with Gasteiger partial charge >= 0.3 is 0 Å². The van der Waals surface area contributed by atoms with Crippen molar-refractivity contribution >= 4 is 34.7 Å². The van der Waals surface area contributed by atoms with E-state index in [1.807, 2.05) is 0 Å². The molecule has 1 aromatic carbocycles. The summed E-state index contributed by atoms with van der Waals surface area (Å²) in [6.45, 7) is 3.73. The quantitative estimate of drug-likeness (QED) is 0.655. The summed E-state index contributed by atoms with van der Waals surface area (Å²) in [5.41, 5.74) is 0.311. The predicted octanol–water partition coefficient (Wildman–Crippen LogP) is 1.99. The normalized spacial score (nSPS) is 20.0. The molecule has 0 N–H and O–H groups in total. The Hall–Kier alpha value is -2.62. The van der Waals surface area contributed by atoms with Crippen molar-refractivity contribution in [3.63, 3.8) is 0 Å². The molecule has 7 nitrogen and oxygen atoms in total. The van der Waals surface area contributed by atoms with Gasteiger partial charge in [0.25, 0.3) is 11.8 Å². The van der Waals surface area contributed by atoms with Crippen LogP contribution in [0.4, 0.5) is 10.1 Å². The van der Waals surface area contributed by atoms with E-state index in [1.54, 1.807) is 17.5 Å². The van der Waals surface area contributed by atoms with Crippen LogP contribution in [0.1, 0.15) is 16.1 Å². The number of thiophene rings is 1. The fourth-order valence-electron chi connectivity index (χ4n) is 3.74. The lowest BCUT2D eigenvalue weighted by Gasteiger charge is -2.32. The highest BCUT2D eigenvalue weighted by atomic mass is 32.1. The van der Waals surface area contributed by atoms with E-state index in [0.29, 0.717) is 36.9 Å². The van der Waals surface area contributed by atoms with Crippen LogP contribution in [0.5, 0.6) is 0 Å². The Bertz CT molecular complexity index is 913. The van der Waals surface area contributed by atoms with Crippen molar-refractivity contribution < 1.29 is 23.5 Å². The molecule has 0 spiro atoms. The highest BCUT2D eigenvalue weighted by Crippen LogP contribution is 2.27. The van der Waals surface area contributed by atoms with Crippen molar-refractivity contribution in [2.75, 3.05) is 44.3 Å². The summed E-state index contributed by atoms with van der Waals surface area (Å²) in [4.78, 5) is 44.2. The number of anilines is 1.